The number of aryl methyl sites for hydroxylation is 1. The van der Waals surface area contributed by atoms with E-state index in [4.69, 9.17) is 11.6 Å². The summed E-state index contributed by atoms with van der Waals surface area (Å²) in [5, 5.41) is 3.28. The molecule has 0 aliphatic heterocycles. The molecule has 0 saturated carbocycles. The Kier molecular flexibility index (Phi) is 7.89. The number of rotatable bonds is 8. The number of nitrogens with one attached hydrogen (secondary N) is 1. The molecule has 0 saturated heterocycles. The van der Waals surface area contributed by atoms with Crippen molar-refractivity contribution >= 4 is 49.1 Å². The van der Waals surface area contributed by atoms with Gasteiger partial charge in [0.05, 0.1) is 11.4 Å². The van der Waals surface area contributed by atoms with Crippen LogP contribution in [0.1, 0.15) is 18.1 Å². The minimum absolute atomic E-state index is 0.0566. The molecule has 0 bridgehead atoms. The van der Waals surface area contributed by atoms with E-state index in [2.05, 4.69) is 21.2 Å². The monoisotopic (exact) mass is 520 g/mol. The molecule has 0 unspecified atom stereocenters. The maximum atomic E-state index is 13.3. The van der Waals surface area contributed by atoms with E-state index in [9.17, 15) is 13.2 Å². The SMILES string of the molecule is CCc1ccccc1NC(=O)CN(Cc1ccc(Br)cc1)S(=O)(=O)c1ccc(Cl)cc1. The van der Waals surface area contributed by atoms with Gasteiger partial charge in [-0.1, -0.05) is 64.8 Å². The molecule has 0 fully saturated rings. The normalized spacial score (nSPS) is 11.5. The summed E-state index contributed by atoms with van der Waals surface area (Å²) in [5.41, 5.74) is 2.43. The predicted molar refractivity (Wildman–Crippen MR) is 128 cm³/mol. The van der Waals surface area contributed by atoms with Gasteiger partial charge >= 0.3 is 0 Å². The molecule has 3 aromatic carbocycles. The van der Waals surface area contributed by atoms with Crippen molar-refractivity contribution in [3.63, 3.8) is 0 Å². The Morgan fingerprint density at radius 2 is 1.65 bits per heavy atom. The van der Waals surface area contributed by atoms with Crippen LogP contribution in [0, 0.1) is 0 Å². The van der Waals surface area contributed by atoms with Crippen molar-refractivity contribution in [3.8, 4) is 0 Å². The number of nitrogens with zero attached hydrogens (tertiary/aromatic N) is 1. The van der Waals surface area contributed by atoms with Gasteiger partial charge in [0.25, 0.3) is 0 Å². The summed E-state index contributed by atoms with van der Waals surface area (Å²) in [4.78, 5) is 12.9. The molecule has 3 rings (SSSR count). The topological polar surface area (TPSA) is 66.5 Å². The van der Waals surface area contributed by atoms with Crippen LogP contribution in [-0.2, 0) is 27.8 Å². The Labute approximate surface area is 196 Å². The van der Waals surface area contributed by atoms with Crippen LogP contribution in [-0.4, -0.2) is 25.2 Å². The Bertz CT molecular complexity index is 1150. The molecule has 0 radical (unpaired) electrons. The zero-order chi connectivity index (χ0) is 22.4. The van der Waals surface area contributed by atoms with Crippen LogP contribution in [0.3, 0.4) is 0 Å². The van der Waals surface area contributed by atoms with Crippen LogP contribution in [0.25, 0.3) is 0 Å². The lowest BCUT2D eigenvalue weighted by atomic mass is 10.1. The smallest absolute Gasteiger partial charge is 0.243 e. The van der Waals surface area contributed by atoms with Crippen molar-refractivity contribution < 1.29 is 13.2 Å². The van der Waals surface area contributed by atoms with Gasteiger partial charge in [-0.15, -0.1) is 0 Å². The van der Waals surface area contributed by atoms with E-state index in [1.807, 2.05) is 55.5 Å². The van der Waals surface area contributed by atoms with Crippen molar-refractivity contribution in [2.24, 2.45) is 0 Å². The number of hydrogen-bond acceptors (Lipinski definition) is 3. The van der Waals surface area contributed by atoms with Gasteiger partial charge in [0.1, 0.15) is 0 Å². The van der Waals surface area contributed by atoms with Crippen molar-refractivity contribution in [2.75, 3.05) is 11.9 Å². The van der Waals surface area contributed by atoms with Crippen LogP contribution >= 0.6 is 27.5 Å². The third-order valence-electron chi connectivity index (χ3n) is 4.72. The van der Waals surface area contributed by atoms with Gasteiger partial charge in [-0.05, 0) is 60.0 Å². The number of sulfonamides is 1. The van der Waals surface area contributed by atoms with E-state index in [0.29, 0.717) is 10.7 Å². The highest BCUT2D eigenvalue weighted by Gasteiger charge is 2.27. The van der Waals surface area contributed by atoms with Crippen LogP contribution in [0.4, 0.5) is 5.69 Å². The lowest BCUT2D eigenvalue weighted by Crippen LogP contribution is -2.37. The van der Waals surface area contributed by atoms with E-state index in [1.165, 1.54) is 28.6 Å². The highest BCUT2D eigenvalue weighted by molar-refractivity contribution is 9.10. The summed E-state index contributed by atoms with van der Waals surface area (Å²) in [6.07, 6.45) is 0.752. The van der Waals surface area contributed by atoms with E-state index in [1.54, 1.807) is 0 Å². The summed E-state index contributed by atoms with van der Waals surface area (Å²) in [6, 6.07) is 20.7. The summed E-state index contributed by atoms with van der Waals surface area (Å²) < 4.78 is 28.7. The minimum atomic E-state index is -3.93. The molecule has 0 aliphatic rings. The van der Waals surface area contributed by atoms with Gasteiger partial charge in [0, 0.05) is 21.7 Å². The zero-order valence-corrected chi connectivity index (χ0v) is 20.0. The quantitative estimate of drug-likeness (QED) is 0.426. The maximum Gasteiger partial charge on any atom is 0.243 e. The van der Waals surface area contributed by atoms with Gasteiger partial charge in [0.2, 0.25) is 15.9 Å². The van der Waals surface area contributed by atoms with Gasteiger partial charge < -0.3 is 5.32 Å². The molecule has 8 heteroatoms. The number of hydrogen-bond donors (Lipinski definition) is 1. The Hall–Kier alpha value is -2.19. The second-order valence-electron chi connectivity index (χ2n) is 6.91. The fraction of sp³-hybridized carbons (Fsp3) is 0.174. The fourth-order valence-corrected chi connectivity index (χ4v) is 4.85. The van der Waals surface area contributed by atoms with Gasteiger partial charge in [-0.3, -0.25) is 4.79 Å². The van der Waals surface area contributed by atoms with Crippen molar-refractivity contribution in [3.05, 3.63) is 93.4 Å². The molecule has 0 heterocycles. The first-order chi connectivity index (χ1) is 14.8. The maximum absolute atomic E-state index is 13.3. The lowest BCUT2D eigenvalue weighted by Gasteiger charge is -2.22. The van der Waals surface area contributed by atoms with Crippen LogP contribution in [0.5, 0.6) is 0 Å². The molecule has 3 aromatic rings. The number of carbonyl (C=O) groups is 1. The summed E-state index contributed by atoms with van der Waals surface area (Å²) in [5.74, 6) is -0.407. The lowest BCUT2D eigenvalue weighted by molar-refractivity contribution is -0.116. The van der Waals surface area contributed by atoms with E-state index >= 15 is 0 Å². The van der Waals surface area contributed by atoms with Crippen molar-refractivity contribution in [1.29, 1.82) is 0 Å². The molecule has 1 N–H and O–H groups in total. The summed E-state index contributed by atoms with van der Waals surface area (Å²) >= 11 is 9.29. The molecule has 0 spiro atoms. The summed E-state index contributed by atoms with van der Waals surface area (Å²) in [7, 11) is -3.93. The number of para-hydroxylation sites is 1. The van der Waals surface area contributed by atoms with Crippen molar-refractivity contribution in [2.45, 2.75) is 24.8 Å². The van der Waals surface area contributed by atoms with Gasteiger partial charge in [-0.25, -0.2) is 8.42 Å². The molecular formula is C23H22BrClN2O3S. The van der Waals surface area contributed by atoms with Gasteiger partial charge in [-0.2, -0.15) is 4.31 Å². The summed E-state index contributed by atoms with van der Waals surface area (Å²) in [6.45, 7) is 1.73. The number of carbonyl (C=O) groups excluding carboxylic acids is 1. The first-order valence-electron chi connectivity index (χ1n) is 9.67. The van der Waals surface area contributed by atoms with E-state index in [-0.39, 0.29) is 18.0 Å². The molecule has 0 aromatic heterocycles. The highest BCUT2D eigenvalue weighted by Crippen LogP contribution is 2.22. The first-order valence-corrected chi connectivity index (χ1v) is 12.3. The zero-order valence-electron chi connectivity index (χ0n) is 16.9. The Morgan fingerprint density at radius 1 is 1.00 bits per heavy atom. The Morgan fingerprint density at radius 3 is 2.29 bits per heavy atom. The second-order valence-corrected chi connectivity index (χ2v) is 10.2. The number of halogens is 2. The average Bonchev–Trinajstić information content (AvgIpc) is 2.75. The highest BCUT2D eigenvalue weighted by atomic mass is 79.9. The molecule has 0 aliphatic carbocycles. The van der Waals surface area contributed by atoms with Gasteiger partial charge in [0.15, 0.2) is 0 Å². The molecule has 5 nitrogen and oxygen atoms in total. The number of amides is 1. The van der Waals surface area contributed by atoms with E-state index in [0.717, 1.165) is 22.0 Å². The largest absolute Gasteiger partial charge is 0.325 e. The molecular weight excluding hydrogens is 500 g/mol. The van der Waals surface area contributed by atoms with Crippen LogP contribution in [0.15, 0.2) is 82.2 Å². The minimum Gasteiger partial charge on any atom is -0.325 e. The third kappa shape index (κ3) is 6.17. The van der Waals surface area contributed by atoms with Crippen molar-refractivity contribution in [1.82, 2.24) is 4.31 Å². The third-order valence-corrected chi connectivity index (χ3v) is 7.30. The first kappa shape index (κ1) is 23.5. The fourth-order valence-electron chi connectivity index (χ4n) is 3.08. The van der Waals surface area contributed by atoms with Crippen LogP contribution < -0.4 is 5.32 Å². The number of benzene rings is 3. The molecule has 1 amide bonds. The van der Waals surface area contributed by atoms with E-state index < -0.39 is 15.9 Å². The Balaban J connectivity index is 1.88. The van der Waals surface area contributed by atoms with Crippen LogP contribution in [0.2, 0.25) is 5.02 Å². The second kappa shape index (κ2) is 10.4. The molecule has 0 atom stereocenters. The average molecular weight is 522 g/mol. The molecule has 162 valence electrons. The standard InChI is InChI=1S/C23H22BrClN2O3S/c1-2-18-5-3-4-6-22(18)26-23(28)16-27(15-17-7-9-19(24)10-8-17)31(29,30)21-13-11-20(25)12-14-21/h3-14H,2,15-16H2,1H3,(H,26,28). The predicted octanol–water partition coefficient (Wildman–Crippen LogP) is 5.49. The molecule has 31 heavy (non-hydrogen) atoms. The number of anilines is 1.